The summed E-state index contributed by atoms with van der Waals surface area (Å²) in [7, 11) is 0. The van der Waals surface area contributed by atoms with Crippen LogP contribution in [0.25, 0.3) is 0 Å². The lowest BCUT2D eigenvalue weighted by molar-refractivity contribution is -0.145. The Hall–Kier alpha value is -1.42. The number of halogens is 1. The van der Waals surface area contributed by atoms with Crippen LogP contribution in [0.2, 0.25) is 0 Å². The number of esters is 1. The lowest BCUT2D eigenvalue weighted by Gasteiger charge is -2.15. The first-order valence-electron chi connectivity index (χ1n) is 5.81. The first-order valence-corrected chi connectivity index (χ1v) is 5.81. The number of hydrogen-bond donors (Lipinski definition) is 1. The average Bonchev–Trinajstić information content (AvgIpc) is 2.32. The maximum atomic E-state index is 12.7. The highest BCUT2D eigenvalue weighted by Crippen LogP contribution is 2.04. The van der Waals surface area contributed by atoms with Gasteiger partial charge < -0.3 is 10.1 Å². The molecule has 17 heavy (non-hydrogen) atoms. The number of rotatable bonds is 6. The zero-order chi connectivity index (χ0) is 12.7. The minimum Gasteiger partial charge on any atom is -0.465 e. The van der Waals surface area contributed by atoms with E-state index < -0.39 is 0 Å². The SMILES string of the molecule is CCOC(=O)[C@@H](CC)NCc1ccc(F)cc1. The van der Waals surface area contributed by atoms with Gasteiger partial charge in [0, 0.05) is 6.54 Å². The van der Waals surface area contributed by atoms with Crippen LogP contribution in [0.15, 0.2) is 24.3 Å². The van der Waals surface area contributed by atoms with Gasteiger partial charge in [-0.05, 0) is 31.0 Å². The first kappa shape index (κ1) is 13.6. The maximum absolute atomic E-state index is 12.7. The molecule has 0 aliphatic heterocycles. The van der Waals surface area contributed by atoms with Crippen molar-refractivity contribution < 1.29 is 13.9 Å². The summed E-state index contributed by atoms with van der Waals surface area (Å²) < 4.78 is 17.6. The number of benzene rings is 1. The van der Waals surface area contributed by atoms with Crippen LogP contribution in [0.4, 0.5) is 4.39 Å². The van der Waals surface area contributed by atoms with Gasteiger partial charge in [0.15, 0.2) is 0 Å². The van der Waals surface area contributed by atoms with Crippen molar-refractivity contribution in [2.45, 2.75) is 32.9 Å². The fourth-order valence-electron chi connectivity index (χ4n) is 1.48. The smallest absolute Gasteiger partial charge is 0.323 e. The third kappa shape index (κ3) is 4.53. The van der Waals surface area contributed by atoms with E-state index >= 15 is 0 Å². The van der Waals surface area contributed by atoms with Gasteiger partial charge in [-0.15, -0.1) is 0 Å². The van der Waals surface area contributed by atoms with E-state index in [1.165, 1.54) is 12.1 Å². The Balaban J connectivity index is 2.47. The molecule has 0 saturated heterocycles. The summed E-state index contributed by atoms with van der Waals surface area (Å²) in [5.41, 5.74) is 0.939. The molecular formula is C13H18FNO2. The summed E-state index contributed by atoms with van der Waals surface area (Å²) in [6, 6.07) is 5.89. The standard InChI is InChI=1S/C13H18FNO2/c1-3-12(13(16)17-4-2)15-9-10-5-7-11(14)8-6-10/h5-8,12,15H,3-4,9H2,1-2H3/t12-/m1/s1. The van der Waals surface area contributed by atoms with Crippen molar-refractivity contribution in [3.8, 4) is 0 Å². The summed E-state index contributed by atoms with van der Waals surface area (Å²) in [5, 5.41) is 3.09. The number of carbonyl (C=O) groups is 1. The molecule has 3 nitrogen and oxygen atoms in total. The second kappa shape index (κ2) is 7.01. The summed E-state index contributed by atoms with van der Waals surface area (Å²) in [6.07, 6.45) is 0.667. The highest BCUT2D eigenvalue weighted by molar-refractivity contribution is 5.75. The van der Waals surface area contributed by atoms with E-state index in [1.807, 2.05) is 6.92 Å². The molecule has 1 aromatic rings. The Bertz CT molecular complexity index is 351. The molecule has 0 aliphatic carbocycles. The monoisotopic (exact) mass is 239 g/mol. The van der Waals surface area contributed by atoms with Gasteiger partial charge >= 0.3 is 5.97 Å². The highest BCUT2D eigenvalue weighted by atomic mass is 19.1. The topological polar surface area (TPSA) is 38.3 Å². The van der Waals surface area contributed by atoms with Crippen LogP contribution in [0.5, 0.6) is 0 Å². The lowest BCUT2D eigenvalue weighted by Crippen LogP contribution is -2.37. The van der Waals surface area contributed by atoms with Gasteiger partial charge in [-0.1, -0.05) is 19.1 Å². The molecule has 4 heteroatoms. The third-order valence-corrected chi connectivity index (χ3v) is 2.45. The van der Waals surface area contributed by atoms with E-state index in [4.69, 9.17) is 4.74 Å². The van der Waals surface area contributed by atoms with Crippen molar-refractivity contribution in [1.29, 1.82) is 0 Å². The Kier molecular flexibility index (Phi) is 5.63. The largest absolute Gasteiger partial charge is 0.465 e. The molecular weight excluding hydrogens is 221 g/mol. The second-order valence-electron chi connectivity index (χ2n) is 3.72. The summed E-state index contributed by atoms with van der Waals surface area (Å²) >= 11 is 0. The van der Waals surface area contributed by atoms with Gasteiger partial charge in [0.25, 0.3) is 0 Å². The molecule has 0 heterocycles. The van der Waals surface area contributed by atoms with Crippen molar-refractivity contribution >= 4 is 5.97 Å². The Morgan fingerprint density at radius 2 is 2.00 bits per heavy atom. The zero-order valence-electron chi connectivity index (χ0n) is 10.2. The van der Waals surface area contributed by atoms with Gasteiger partial charge in [0.05, 0.1) is 6.61 Å². The molecule has 0 bridgehead atoms. The van der Waals surface area contributed by atoms with E-state index in [0.29, 0.717) is 19.6 Å². The molecule has 0 spiro atoms. The van der Waals surface area contributed by atoms with Crippen LogP contribution in [-0.2, 0) is 16.1 Å². The molecule has 94 valence electrons. The fraction of sp³-hybridized carbons (Fsp3) is 0.462. The third-order valence-electron chi connectivity index (χ3n) is 2.45. The molecule has 1 aromatic carbocycles. The van der Waals surface area contributed by atoms with Crippen LogP contribution in [-0.4, -0.2) is 18.6 Å². The molecule has 0 unspecified atom stereocenters. The maximum Gasteiger partial charge on any atom is 0.323 e. The van der Waals surface area contributed by atoms with Gasteiger partial charge in [-0.2, -0.15) is 0 Å². The summed E-state index contributed by atoms with van der Waals surface area (Å²) in [5.74, 6) is -0.497. The predicted molar refractivity (Wildman–Crippen MR) is 64.0 cm³/mol. The van der Waals surface area contributed by atoms with Crippen LogP contribution in [0, 0.1) is 5.82 Å². The minimum absolute atomic E-state index is 0.239. The molecule has 0 aromatic heterocycles. The fourth-order valence-corrected chi connectivity index (χ4v) is 1.48. The molecule has 0 saturated carbocycles. The first-order chi connectivity index (χ1) is 8.17. The highest BCUT2D eigenvalue weighted by Gasteiger charge is 2.16. The Labute approximate surface area is 101 Å². The molecule has 1 atom stereocenters. The molecule has 0 fully saturated rings. The normalized spacial score (nSPS) is 12.2. The number of carbonyl (C=O) groups excluding carboxylic acids is 1. The molecule has 0 radical (unpaired) electrons. The van der Waals surface area contributed by atoms with Crippen LogP contribution in [0.1, 0.15) is 25.8 Å². The van der Waals surface area contributed by atoms with E-state index in [-0.39, 0.29) is 17.8 Å². The average molecular weight is 239 g/mol. The zero-order valence-corrected chi connectivity index (χ0v) is 10.2. The van der Waals surface area contributed by atoms with Gasteiger partial charge in [0.1, 0.15) is 11.9 Å². The van der Waals surface area contributed by atoms with E-state index in [9.17, 15) is 9.18 Å². The summed E-state index contributed by atoms with van der Waals surface area (Å²) in [4.78, 5) is 11.5. The van der Waals surface area contributed by atoms with Gasteiger partial charge in [-0.25, -0.2) is 4.39 Å². The van der Waals surface area contributed by atoms with E-state index in [2.05, 4.69) is 5.32 Å². The van der Waals surface area contributed by atoms with Crippen LogP contribution < -0.4 is 5.32 Å². The Morgan fingerprint density at radius 3 is 2.53 bits per heavy atom. The van der Waals surface area contributed by atoms with Crippen LogP contribution in [0.3, 0.4) is 0 Å². The number of hydrogen-bond acceptors (Lipinski definition) is 3. The quantitative estimate of drug-likeness (QED) is 0.774. The molecule has 0 amide bonds. The van der Waals surface area contributed by atoms with Crippen molar-refractivity contribution in [3.05, 3.63) is 35.6 Å². The second-order valence-corrected chi connectivity index (χ2v) is 3.72. The van der Waals surface area contributed by atoms with Gasteiger partial charge in [0.2, 0.25) is 0 Å². The number of nitrogens with one attached hydrogen (secondary N) is 1. The molecule has 1 rings (SSSR count). The van der Waals surface area contributed by atoms with Crippen LogP contribution >= 0.6 is 0 Å². The van der Waals surface area contributed by atoms with Crippen molar-refractivity contribution in [2.24, 2.45) is 0 Å². The van der Waals surface area contributed by atoms with Crippen molar-refractivity contribution in [3.63, 3.8) is 0 Å². The van der Waals surface area contributed by atoms with Crippen molar-refractivity contribution in [1.82, 2.24) is 5.32 Å². The Morgan fingerprint density at radius 1 is 1.35 bits per heavy atom. The van der Waals surface area contributed by atoms with Crippen molar-refractivity contribution in [2.75, 3.05) is 6.61 Å². The van der Waals surface area contributed by atoms with Gasteiger partial charge in [-0.3, -0.25) is 4.79 Å². The number of ether oxygens (including phenoxy) is 1. The summed E-state index contributed by atoms with van der Waals surface area (Å²) in [6.45, 7) is 4.61. The minimum atomic E-state index is -0.306. The van der Waals surface area contributed by atoms with E-state index in [1.54, 1.807) is 19.1 Å². The predicted octanol–water partition coefficient (Wildman–Crippen LogP) is 2.26. The molecule has 1 N–H and O–H groups in total. The van der Waals surface area contributed by atoms with E-state index in [0.717, 1.165) is 5.56 Å². The lowest BCUT2D eigenvalue weighted by atomic mass is 10.2. The molecule has 0 aliphatic rings.